The fraction of sp³-hybridized carbons (Fsp3) is 0.211. The van der Waals surface area contributed by atoms with Gasteiger partial charge in [-0.05, 0) is 18.2 Å². The van der Waals surface area contributed by atoms with Gasteiger partial charge in [0.2, 0.25) is 0 Å². The van der Waals surface area contributed by atoms with Crippen LogP contribution in [0, 0.1) is 0 Å². The Kier molecular flexibility index (Phi) is 4.62. The van der Waals surface area contributed by atoms with E-state index in [0.29, 0.717) is 35.9 Å². The Balaban J connectivity index is 1.36. The first kappa shape index (κ1) is 17.7. The molecular weight excluding hydrogens is 390 g/mol. The molecule has 1 aliphatic rings. The minimum Gasteiger partial charge on any atom is -0.378 e. The van der Waals surface area contributed by atoms with Crippen LogP contribution in [-0.4, -0.2) is 57.4 Å². The van der Waals surface area contributed by atoms with Crippen LogP contribution in [0.3, 0.4) is 0 Å². The fourth-order valence-electron chi connectivity index (χ4n) is 3.07. The standard InChI is InChI=1S/C19H17N7O2S/c27-18(15-3-1-2-14(24-15)12-9-21-22-10-12)23-13-8-16-17(20-11-13)25-19(29-16)26-4-6-28-7-5-26/h1-3,8-11H,4-7H2,(H,21,22)(H,23,27). The number of hydrogen-bond donors (Lipinski definition) is 2. The number of nitrogens with one attached hydrogen (secondary N) is 2. The second-order valence-corrected chi connectivity index (χ2v) is 7.50. The first-order chi connectivity index (χ1) is 14.3. The molecule has 5 rings (SSSR count). The van der Waals surface area contributed by atoms with Crippen molar-refractivity contribution in [1.29, 1.82) is 0 Å². The number of amides is 1. The number of pyridine rings is 2. The number of hydrogen-bond acceptors (Lipinski definition) is 8. The molecule has 0 unspecified atom stereocenters. The van der Waals surface area contributed by atoms with E-state index in [1.807, 2.05) is 12.1 Å². The quantitative estimate of drug-likeness (QED) is 0.535. The van der Waals surface area contributed by atoms with Gasteiger partial charge in [-0.1, -0.05) is 17.4 Å². The first-order valence-corrected chi connectivity index (χ1v) is 9.95. The summed E-state index contributed by atoms with van der Waals surface area (Å²) >= 11 is 1.56. The Morgan fingerprint density at radius 2 is 2.10 bits per heavy atom. The van der Waals surface area contributed by atoms with Crippen LogP contribution in [0.25, 0.3) is 21.6 Å². The van der Waals surface area contributed by atoms with Crippen LogP contribution in [0.15, 0.2) is 42.9 Å². The Labute approximate surface area is 169 Å². The van der Waals surface area contributed by atoms with Crippen LogP contribution in [0.2, 0.25) is 0 Å². The molecule has 1 fully saturated rings. The number of nitrogens with zero attached hydrogens (tertiary/aromatic N) is 5. The minimum atomic E-state index is -0.297. The molecule has 29 heavy (non-hydrogen) atoms. The summed E-state index contributed by atoms with van der Waals surface area (Å²) in [4.78, 5) is 28.3. The van der Waals surface area contributed by atoms with Gasteiger partial charge in [-0.15, -0.1) is 0 Å². The predicted octanol–water partition coefficient (Wildman–Crippen LogP) is 2.57. The summed E-state index contributed by atoms with van der Waals surface area (Å²) in [5, 5.41) is 10.5. The van der Waals surface area contributed by atoms with E-state index in [0.717, 1.165) is 28.5 Å². The summed E-state index contributed by atoms with van der Waals surface area (Å²) in [5.74, 6) is -0.297. The van der Waals surface area contributed by atoms with Gasteiger partial charge in [0.15, 0.2) is 10.8 Å². The van der Waals surface area contributed by atoms with E-state index in [9.17, 15) is 4.79 Å². The fourth-order valence-corrected chi connectivity index (χ4v) is 4.09. The second kappa shape index (κ2) is 7.57. The maximum atomic E-state index is 12.7. The van der Waals surface area contributed by atoms with E-state index >= 15 is 0 Å². The van der Waals surface area contributed by atoms with Crippen molar-refractivity contribution in [2.75, 3.05) is 36.5 Å². The summed E-state index contributed by atoms with van der Waals surface area (Å²) < 4.78 is 6.31. The molecule has 0 atom stereocenters. The number of aromatic nitrogens is 5. The number of carbonyl (C=O) groups is 1. The van der Waals surface area contributed by atoms with Gasteiger partial charge in [0.1, 0.15) is 5.69 Å². The van der Waals surface area contributed by atoms with Crippen molar-refractivity contribution in [3.63, 3.8) is 0 Å². The lowest BCUT2D eigenvalue weighted by molar-refractivity contribution is 0.102. The first-order valence-electron chi connectivity index (χ1n) is 9.13. The molecule has 0 bridgehead atoms. The van der Waals surface area contributed by atoms with Gasteiger partial charge >= 0.3 is 0 Å². The molecule has 0 spiro atoms. The van der Waals surface area contributed by atoms with E-state index < -0.39 is 0 Å². The van der Waals surface area contributed by atoms with Crippen LogP contribution in [-0.2, 0) is 4.74 Å². The summed E-state index contributed by atoms with van der Waals surface area (Å²) in [6.45, 7) is 3.05. The maximum absolute atomic E-state index is 12.7. The Hall–Kier alpha value is -3.37. The van der Waals surface area contributed by atoms with Gasteiger partial charge < -0.3 is 15.0 Å². The number of fused-ring (bicyclic) bond motifs is 1. The number of aromatic amines is 1. The number of rotatable bonds is 4. The maximum Gasteiger partial charge on any atom is 0.274 e. The molecule has 0 aromatic carbocycles. The lowest BCUT2D eigenvalue weighted by Gasteiger charge is -2.25. The predicted molar refractivity (Wildman–Crippen MR) is 110 cm³/mol. The molecule has 1 aliphatic heterocycles. The smallest absolute Gasteiger partial charge is 0.274 e. The molecule has 0 aliphatic carbocycles. The molecule has 4 aromatic rings. The Bertz CT molecular complexity index is 1150. The number of thiazole rings is 1. The van der Waals surface area contributed by atoms with Gasteiger partial charge in [-0.25, -0.2) is 9.97 Å². The molecule has 10 heteroatoms. The monoisotopic (exact) mass is 407 g/mol. The molecule has 2 N–H and O–H groups in total. The molecule has 146 valence electrons. The molecule has 1 amide bonds. The van der Waals surface area contributed by atoms with Gasteiger partial charge in [0, 0.05) is 24.8 Å². The highest BCUT2D eigenvalue weighted by molar-refractivity contribution is 7.22. The second-order valence-electron chi connectivity index (χ2n) is 6.49. The van der Waals surface area contributed by atoms with E-state index in [4.69, 9.17) is 4.74 Å². The summed E-state index contributed by atoms with van der Waals surface area (Å²) in [5.41, 5.74) is 3.10. The third-order valence-corrected chi connectivity index (χ3v) is 5.60. The molecule has 1 saturated heterocycles. The van der Waals surface area contributed by atoms with E-state index in [1.165, 1.54) is 0 Å². The lowest BCUT2D eigenvalue weighted by Crippen LogP contribution is -2.36. The van der Waals surface area contributed by atoms with Gasteiger partial charge in [0.05, 0.1) is 41.7 Å². The van der Waals surface area contributed by atoms with Crippen LogP contribution < -0.4 is 10.2 Å². The number of morpholine rings is 1. The number of carbonyl (C=O) groups excluding carboxylic acids is 1. The molecule has 4 aromatic heterocycles. The van der Waals surface area contributed by atoms with Crippen LogP contribution >= 0.6 is 11.3 Å². The normalized spacial score (nSPS) is 14.3. The zero-order chi connectivity index (χ0) is 19.6. The van der Waals surface area contributed by atoms with Crippen molar-refractivity contribution in [2.24, 2.45) is 0 Å². The zero-order valence-corrected chi connectivity index (χ0v) is 16.1. The summed E-state index contributed by atoms with van der Waals surface area (Å²) in [6.07, 6.45) is 5.01. The Morgan fingerprint density at radius 3 is 2.93 bits per heavy atom. The molecule has 5 heterocycles. The molecule has 0 saturated carbocycles. The largest absolute Gasteiger partial charge is 0.378 e. The van der Waals surface area contributed by atoms with Crippen molar-refractivity contribution in [3.8, 4) is 11.3 Å². The molecular formula is C19H17N7O2S. The molecule has 0 radical (unpaired) electrons. The number of anilines is 2. The van der Waals surface area contributed by atoms with E-state index in [2.05, 4.69) is 35.4 Å². The summed E-state index contributed by atoms with van der Waals surface area (Å²) in [6, 6.07) is 7.19. The van der Waals surface area contributed by atoms with Crippen molar-refractivity contribution in [1.82, 2.24) is 25.1 Å². The topological polar surface area (TPSA) is 109 Å². The van der Waals surface area contributed by atoms with Crippen molar-refractivity contribution in [3.05, 3.63) is 48.5 Å². The minimum absolute atomic E-state index is 0.297. The SMILES string of the molecule is O=C(Nc1cnc2nc(N3CCOCC3)sc2c1)c1cccc(-c2cn[nH]c2)n1. The van der Waals surface area contributed by atoms with Gasteiger partial charge in [-0.2, -0.15) is 10.1 Å². The highest BCUT2D eigenvalue weighted by Crippen LogP contribution is 2.30. The van der Waals surface area contributed by atoms with Crippen molar-refractivity contribution >= 4 is 38.4 Å². The molecule has 9 nitrogen and oxygen atoms in total. The zero-order valence-electron chi connectivity index (χ0n) is 15.3. The highest BCUT2D eigenvalue weighted by atomic mass is 32.1. The Morgan fingerprint density at radius 1 is 1.21 bits per heavy atom. The third-order valence-electron chi connectivity index (χ3n) is 4.55. The van der Waals surface area contributed by atoms with E-state index in [-0.39, 0.29) is 5.91 Å². The summed E-state index contributed by atoms with van der Waals surface area (Å²) in [7, 11) is 0. The average molecular weight is 407 g/mol. The van der Waals surface area contributed by atoms with Crippen molar-refractivity contribution in [2.45, 2.75) is 0 Å². The van der Waals surface area contributed by atoms with E-state index in [1.54, 1.807) is 42.1 Å². The van der Waals surface area contributed by atoms with Crippen LogP contribution in [0.1, 0.15) is 10.5 Å². The highest BCUT2D eigenvalue weighted by Gasteiger charge is 2.17. The number of ether oxygens (including phenoxy) is 1. The number of H-pyrrole nitrogens is 1. The van der Waals surface area contributed by atoms with Gasteiger partial charge in [0.25, 0.3) is 5.91 Å². The average Bonchev–Trinajstić information content (AvgIpc) is 3.44. The lowest BCUT2D eigenvalue weighted by atomic mass is 10.2. The van der Waals surface area contributed by atoms with Crippen LogP contribution in [0.5, 0.6) is 0 Å². The third kappa shape index (κ3) is 3.67. The van der Waals surface area contributed by atoms with Crippen LogP contribution in [0.4, 0.5) is 10.8 Å². The van der Waals surface area contributed by atoms with Crippen molar-refractivity contribution < 1.29 is 9.53 Å². The van der Waals surface area contributed by atoms with Gasteiger partial charge in [-0.3, -0.25) is 9.89 Å².